The van der Waals surface area contributed by atoms with Crippen molar-refractivity contribution < 1.29 is 14.3 Å². The smallest absolute Gasteiger partial charge is 0.255 e. The number of hydrogen-bond donors (Lipinski definition) is 2. The van der Waals surface area contributed by atoms with E-state index in [1.165, 1.54) is 0 Å². The Labute approximate surface area is 196 Å². The van der Waals surface area contributed by atoms with Gasteiger partial charge in [0.25, 0.3) is 5.91 Å². The van der Waals surface area contributed by atoms with Gasteiger partial charge in [-0.3, -0.25) is 10.2 Å². The number of amidine groups is 1. The van der Waals surface area contributed by atoms with Gasteiger partial charge in [0, 0.05) is 17.6 Å². The van der Waals surface area contributed by atoms with E-state index in [-0.39, 0.29) is 23.8 Å². The van der Waals surface area contributed by atoms with Gasteiger partial charge in [0.2, 0.25) is 0 Å². The van der Waals surface area contributed by atoms with Crippen molar-refractivity contribution in [1.29, 1.82) is 5.41 Å². The fourth-order valence-electron chi connectivity index (χ4n) is 3.46. The minimum Gasteiger partial charge on any atom is -0.494 e. The lowest BCUT2D eigenvalue weighted by atomic mass is 10.1. The van der Waals surface area contributed by atoms with Crippen LogP contribution in [0.4, 0.5) is 0 Å². The summed E-state index contributed by atoms with van der Waals surface area (Å²) in [5, 5.41) is 7.80. The molecule has 0 fully saturated rings. The summed E-state index contributed by atoms with van der Waals surface area (Å²) < 4.78 is 11.5. The van der Waals surface area contributed by atoms with E-state index < -0.39 is 0 Å². The van der Waals surface area contributed by atoms with Crippen LogP contribution in [-0.4, -0.2) is 41.9 Å². The maximum absolute atomic E-state index is 12.8. The molecule has 6 nitrogen and oxygen atoms in total. The molecule has 0 saturated heterocycles. The van der Waals surface area contributed by atoms with Crippen molar-refractivity contribution in [2.45, 2.75) is 59.0 Å². The topological polar surface area (TPSA) is 88.6 Å². The number of rotatable bonds is 12. The van der Waals surface area contributed by atoms with Crippen LogP contribution in [0.1, 0.15) is 62.9 Å². The monoisotopic (exact) mass is 459 g/mol. The van der Waals surface area contributed by atoms with E-state index in [4.69, 9.17) is 32.2 Å². The van der Waals surface area contributed by atoms with Gasteiger partial charge in [-0.1, -0.05) is 11.6 Å². The second kappa shape index (κ2) is 12.3. The third-order valence-corrected chi connectivity index (χ3v) is 5.32. The van der Waals surface area contributed by atoms with Crippen molar-refractivity contribution in [1.82, 2.24) is 4.90 Å². The summed E-state index contributed by atoms with van der Waals surface area (Å²) in [4.78, 5) is 14.7. The first kappa shape index (κ1) is 25.5. The second-order valence-corrected chi connectivity index (χ2v) is 8.64. The quantitative estimate of drug-likeness (QED) is 0.249. The molecule has 2 aromatic carbocycles. The zero-order chi connectivity index (χ0) is 23.7. The van der Waals surface area contributed by atoms with E-state index in [0.29, 0.717) is 35.1 Å². The van der Waals surface area contributed by atoms with Crippen LogP contribution in [0.15, 0.2) is 42.5 Å². The van der Waals surface area contributed by atoms with Gasteiger partial charge in [0.05, 0.1) is 23.8 Å². The maximum Gasteiger partial charge on any atom is 0.255 e. The van der Waals surface area contributed by atoms with Gasteiger partial charge in [0.15, 0.2) is 0 Å². The summed E-state index contributed by atoms with van der Waals surface area (Å²) in [6, 6.07) is 12.6. The van der Waals surface area contributed by atoms with Gasteiger partial charge < -0.3 is 20.1 Å². The van der Waals surface area contributed by atoms with Crippen LogP contribution in [0.3, 0.4) is 0 Å². The van der Waals surface area contributed by atoms with Crippen molar-refractivity contribution in [3.05, 3.63) is 58.6 Å². The second-order valence-electron chi connectivity index (χ2n) is 8.24. The third-order valence-electron chi connectivity index (χ3n) is 5.01. The first-order valence-electron chi connectivity index (χ1n) is 11.0. The first-order chi connectivity index (χ1) is 15.2. The minimum atomic E-state index is -0.0671. The number of halogens is 1. The molecular formula is C25H34ClN3O3. The van der Waals surface area contributed by atoms with Crippen LogP contribution in [0.2, 0.25) is 5.02 Å². The Morgan fingerprint density at radius 2 is 1.47 bits per heavy atom. The molecule has 0 aliphatic rings. The minimum absolute atomic E-state index is 0.0483. The van der Waals surface area contributed by atoms with Crippen LogP contribution in [-0.2, 0) is 0 Å². The Kier molecular flexibility index (Phi) is 9.85. The molecule has 0 aliphatic carbocycles. The van der Waals surface area contributed by atoms with E-state index in [9.17, 15) is 4.79 Å². The van der Waals surface area contributed by atoms with E-state index in [1.54, 1.807) is 30.3 Å². The molecular weight excluding hydrogens is 426 g/mol. The largest absolute Gasteiger partial charge is 0.494 e. The van der Waals surface area contributed by atoms with Gasteiger partial charge in [-0.2, -0.15) is 0 Å². The van der Waals surface area contributed by atoms with Crippen LogP contribution in [0.5, 0.6) is 11.5 Å². The van der Waals surface area contributed by atoms with E-state index in [2.05, 4.69) is 0 Å². The Balaban J connectivity index is 1.72. The van der Waals surface area contributed by atoms with Gasteiger partial charge in [-0.05, 0) is 89.4 Å². The fourth-order valence-corrected chi connectivity index (χ4v) is 3.71. The van der Waals surface area contributed by atoms with Crippen molar-refractivity contribution in [2.24, 2.45) is 5.73 Å². The number of unbranched alkanes of at least 4 members (excludes halogenated alkanes) is 2. The lowest BCUT2D eigenvalue weighted by Crippen LogP contribution is -2.42. The highest BCUT2D eigenvalue weighted by molar-refractivity contribution is 6.34. The van der Waals surface area contributed by atoms with Crippen molar-refractivity contribution in [3.63, 3.8) is 0 Å². The van der Waals surface area contributed by atoms with Crippen LogP contribution in [0, 0.1) is 5.41 Å². The van der Waals surface area contributed by atoms with Crippen molar-refractivity contribution in [3.8, 4) is 11.5 Å². The van der Waals surface area contributed by atoms with Gasteiger partial charge >= 0.3 is 0 Å². The highest BCUT2D eigenvalue weighted by Crippen LogP contribution is 2.25. The summed E-state index contributed by atoms with van der Waals surface area (Å²) >= 11 is 6.38. The molecule has 0 spiro atoms. The Morgan fingerprint density at radius 3 is 1.97 bits per heavy atom. The highest BCUT2D eigenvalue weighted by atomic mass is 35.5. The van der Waals surface area contributed by atoms with E-state index in [0.717, 1.165) is 25.0 Å². The predicted octanol–water partition coefficient (Wildman–Crippen LogP) is 5.51. The lowest BCUT2D eigenvalue weighted by Gasteiger charge is -2.31. The number of carbonyl (C=O) groups is 1. The average Bonchev–Trinajstić information content (AvgIpc) is 2.72. The fraction of sp³-hybridized carbons (Fsp3) is 0.440. The standard InChI is InChI=1S/C25H34ClN3O3/c1-17(2)29(18(3)4)25(30)22-13-12-21(16-23(22)26)32-15-7-5-6-14-31-20-10-8-19(9-11-20)24(27)28/h8-13,16-18H,5-7,14-15H2,1-4H3,(H3,27,28). The number of hydrogen-bond acceptors (Lipinski definition) is 4. The Bertz CT molecular complexity index is 890. The number of nitrogen functional groups attached to an aromatic ring is 1. The normalized spacial score (nSPS) is 11.0. The SMILES string of the molecule is CC(C)N(C(=O)c1ccc(OCCCCCOc2ccc(C(=N)N)cc2)cc1Cl)C(C)C. The van der Waals surface area contributed by atoms with Gasteiger partial charge in [-0.25, -0.2) is 0 Å². The van der Waals surface area contributed by atoms with Gasteiger partial charge in [0.1, 0.15) is 17.3 Å². The van der Waals surface area contributed by atoms with Crippen molar-refractivity contribution >= 4 is 23.3 Å². The molecule has 0 atom stereocenters. The van der Waals surface area contributed by atoms with Crippen molar-refractivity contribution in [2.75, 3.05) is 13.2 Å². The predicted molar refractivity (Wildman–Crippen MR) is 130 cm³/mol. The Hall–Kier alpha value is -2.73. The number of ether oxygens (including phenoxy) is 2. The number of carbonyl (C=O) groups excluding carboxylic acids is 1. The molecule has 0 saturated carbocycles. The molecule has 32 heavy (non-hydrogen) atoms. The number of benzene rings is 2. The maximum atomic E-state index is 12.8. The zero-order valence-corrected chi connectivity index (χ0v) is 20.1. The van der Waals surface area contributed by atoms with Crippen LogP contribution < -0.4 is 15.2 Å². The Morgan fingerprint density at radius 1 is 0.938 bits per heavy atom. The van der Waals surface area contributed by atoms with E-state index in [1.807, 2.05) is 44.7 Å². The molecule has 0 bridgehead atoms. The third kappa shape index (κ3) is 7.45. The highest BCUT2D eigenvalue weighted by Gasteiger charge is 2.23. The summed E-state index contributed by atoms with van der Waals surface area (Å²) in [6.07, 6.45) is 2.76. The van der Waals surface area contributed by atoms with Crippen LogP contribution >= 0.6 is 11.6 Å². The molecule has 0 aromatic heterocycles. The molecule has 7 heteroatoms. The summed E-state index contributed by atoms with van der Waals surface area (Å²) in [7, 11) is 0. The summed E-state index contributed by atoms with van der Waals surface area (Å²) in [5.74, 6) is 1.41. The number of nitrogens with zero attached hydrogens (tertiary/aromatic N) is 1. The van der Waals surface area contributed by atoms with Crippen LogP contribution in [0.25, 0.3) is 0 Å². The zero-order valence-electron chi connectivity index (χ0n) is 19.4. The molecule has 0 aliphatic heterocycles. The molecule has 1 amide bonds. The average molecular weight is 460 g/mol. The first-order valence-corrected chi connectivity index (χ1v) is 11.4. The lowest BCUT2D eigenvalue weighted by molar-refractivity contribution is 0.0644. The number of amides is 1. The van der Waals surface area contributed by atoms with Gasteiger partial charge in [-0.15, -0.1) is 0 Å². The molecule has 0 heterocycles. The number of nitrogens with two attached hydrogens (primary N) is 1. The molecule has 2 aromatic rings. The summed E-state index contributed by atoms with van der Waals surface area (Å²) in [6.45, 7) is 9.18. The molecule has 3 N–H and O–H groups in total. The number of nitrogens with one attached hydrogen (secondary N) is 1. The molecule has 0 radical (unpaired) electrons. The van der Waals surface area contributed by atoms with E-state index >= 15 is 0 Å². The molecule has 174 valence electrons. The summed E-state index contributed by atoms with van der Waals surface area (Å²) in [5.41, 5.74) is 6.62. The molecule has 0 unspecified atom stereocenters. The molecule has 2 rings (SSSR count).